The molecule has 0 aliphatic heterocycles. The number of nitrogens with zero attached hydrogens (tertiary/aromatic N) is 3. The van der Waals surface area contributed by atoms with Crippen LogP contribution < -0.4 is 5.32 Å². The first-order chi connectivity index (χ1) is 10.6. The average Bonchev–Trinajstić information content (AvgIpc) is 2.81. The molecule has 0 saturated carbocycles. The van der Waals surface area contributed by atoms with Crippen molar-refractivity contribution in [3.63, 3.8) is 0 Å². The fourth-order valence-electron chi connectivity index (χ4n) is 2.42. The summed E-state index contributed by atoms with van der Waals surface area (Å²) in [5.41, 5.74) is 4.02. The van der Waals surface area contributed by atoms with Crippen LogP contribution in [0.1, 0.15) is 17.0 Å². The first-order valence-corrected chi connectivity index (χ1v) is 7.21. The molecular formula is C17H18N4O. The molecule has 0 fully saturated rings. The van der Waals surface area contributed by atoms with Crippen LogP contribution in [-0.4, -0.2) is 20.4 Å². The number of hydrogen-bond donors (Lipinski definition) is 1. The van der Waals surface area contributed by atoms with Gasteiger partial charge < -0.3 is 9.88 Å². The van der Waals surface area contributed by atoms with Gasteiger partial charge in [-0.1, -0.05) is 6.07 Å². The van der Waals surface area contributed by atoms with E-state index in [-0.39, 0.29) is 5.91 Å². The molecule has 0 aliphatic carbocycles. The Kier molecular flexibility index (Phi) is 3.87. The van der Waals surface area contributed by atoms with Crippen molar-refractivity contribution in [3.8, 4) is 0 Å². The molecule has 5 nitrogen and oxygen atoms in total. The summed E-state index contributed by atoms with van der Waals surface area (Å²) in [6.45, 7) is 2.49. The number of hydrogen-bond acceptors (Lipinski definition) is 3. The molecule has 0 atom stereocenters. The molecule has 1 amide bonds. The highest BCUT2D eigenvalue weighted by Crippen LogP contribution is 2.16. The SMILES string of the molecule is Cc1nc2cc(CC(=O)NCc3ccncc3)ccc2n1C. The summed E-state index contributed by atoms with van der Waals surface area (Å²) < 4.78 is 2.04. The van der Waals surface area contributed by atoms with Crippen molar-refractivity contribution < 1.29 is 4.79 Å². The van der Waals surface area contributed by atoms with Crippen molar-refractivity contribution in [2.45, 2.75) is 19.9 Å². The lowest BCUT2D eigenvalue weighted by Gasteiger charge is -2.05. The number of fused-ring (bicyclic) bond motifs is 1. The summed E-state index contributed by atoms with van der Waals surface area (Å²) >= 11 is 0. The topological polar surface area (TPSA) is 59.8 Å². The fourth-order valence-corrected chi connectivity index (χ4v) is 2.42. The van der Waals surface area contributed by atoms with Gasteiger partial charge in [0.25, 0.3) is 0 Å². The van der Waals surface area contributed by atoms with E-state index in [1.54, 1.807) is 12.4 Å². The third kappa shape index (κ3) is 2.98. The van der Waals surface area contributed by atoms with Crippen molar-refractivity contribution in [2.75, 3.05) is 0 Å². The molecule has 0 saturated heterocycles. The van der Waals surface area contributed by atoms with E-state index in [4.69, 9.17) is 0 Å². The largest absolute Gasteiger partial charge is 0.352 e. The lowest BCUT2D eigenvalue weighted by Crippen LogP contribution is -2.24. The van der Waals surface area contributed by atoms with Gasteiger partial charge >= 0.3 is 0 Å². The molecule has 2 heterocycles. The van der Waals surface area contributed by atoms with Crippen LogP contribution in [0.3, 0.4) is 0 Å². The number of nitrogens with one attached hydrogen (secondary N) is 1. The van der Waals surface area contributed by atoms with Gasteiger partial charge in [0.2, 0.25) is 5.91 Å². The van der Waals surface area contributed by atoms with E-state index < -0.39 is 0 Å². The molecule has 0 bridgehead atoms. The quantitative estimate of drug-likeness (QED) is 0.802. The zero-order valence-corrected chi connectivity index (χ0v) is 12.7. The van der Waals surface area contributed by atoms with E-state index in [0.717, 1.165) is 28.0 Å². The molecule has 5 heteroatoms. The van der Waals surface area contributed by atoms with Crippen molar-refractivity contribution >= 4 is 16.9 Å². The number of aryl methyl sites for hydroxylation is 2. The minimum atomic E-state index is 0.00353. The van der Waals surface area contributed by atoms with E-state index in [9.17, 15) is 4.79 Å². The summed E-state index contributed by atoms with van der Waals surface area (Å²) in [6.07, 6.45) is 3.80. The monoisotopic (exact) mass is 294 g/mol. The number of benzene rings is 1. The Bertz CT molecular complexity index is 808. The first-order valence-electron chi connectivity index (χ1n) is 7.21. The highest BCUT2D eigenvalue weighted by Gasteiger charge is 2.08. The van der Waals surface area contributed by atoms with E-state index in [0.29, 0.717) is 13.0 Å². The summed E-state index contributed by atoms with van der Waals surface area (Å²) in [7, 11) is 1.99. The summed E-state index contributed by atoms with van der Waals surface area (Å²) in [4.78, 5) is 20.5. The van der Waals surface area contributed by atoms with Gasteiger partial charge in [-0.25, -0.2) is 4.98 Å². The highest BCUT2D eigenvalue weighted by atomic mass is 16.1. The Balaban J connectivity index is 1.66. The standard InChI is InChI=1S/C17H18N4O/c1-12-20-15-9-14(3-4-16(15)21(12)2)10-17(22)19-11-13-5-7-18-8-6-13/h3-9H,10-11H2,1-2H3,(H,19,22). The third-order valence-corrected chi connectivity index (χ3v) is 3.77. The van der Waals surface area contributed by atoms with Crippen LogP contribution in [0.5, 0.6) is 0 Å². The normalized spacial score (nSPS) is 10.8. The van der Waals surface area contributed by atoms with Gasteiger partial charge in [0.15, 0.2) is 0 Å². The third-order valence-electron chi connectivity index (χ3n) is 3.77. The smallest absolute Gasteiger partial charge is 0.224 e. The second-order valence-corrected chi connectivity index (χ2v) is 5.35. The first kappa shape index (κ1) is 14.3. The van der Waals surface area contributed by atoms with Gasteiger partial charge in [-0.3, -0.25) is 9.78 Å². The minimum Gasteiger partial charge on any atom is -0.352 e. The lowest BCUT2D eigenvalue weighted by molar-refractivity contribution is -0.120. The van der Waals surface area contributed by atoms with Crippen molar-refractivity contribution in [2.24, 2.45) is 7.05 Å². The van der Waals surface area contributed by atoms with Crippen molar-refractivity contribution in [1.29, 1.82) is 0 Å². The molecule has 3 aromatic rings. The van der Waals surface area contributed by atoms with Crippen LogP contribution in [0, 0.1) is 6.92 Å². The van der Waals surface area contributed by atoms with Gasteiger partial charge in [0.1, 0.15) is 5.82 Å². The van der Waals surface area contributed by atoms with Crippen LogP contribution in [0.2, 0.25) is 0 Å². The molecule has 0 spiro atoms. The van der Waals surface area contributed by atoms with Gasteiger partial charge in [0, 0.05) is 26.0 Å². The van der Waals surface area contributed by atoms with Crippen LogP contribution in [-0.2, 0) is 24.8 Å². The average molecular weight is 294 g/mol. The Morgan fingerprint density at radius 1 is 1.18 bits per heavy atom. The predicted octanol–water partition coefficient (Wildman–Crippen LogP) is 2.14. The minimum absolute atomic E-state index is 0.00353. The number of carbonyl (C=O) groups excluding carboxylic acids is 1. The fraction of sp³-hybridized carbons (Fsp3) is 0.235. The number of rotatable bonds is 4. The van der Waals surface area contributed by atoms with E-state index in [2.05, 4.69) is 15.3 Å². The maximum atomic E-state index is 12.0. The van der Waals surface area contributed by atoms with E-state index in [1.807, 2.05) is 48.9 Å². The van der Waals surface area contributed by atoms with Gasteiger partial charge in [-0.2, -0.15) is 0 Å². The molecular weight excluding hydrogens is 276 g/mol. The Labute approximate surface area is 129 Å². The summed E-state index contributed by atoms with van der Waals surface area (Å²) in [5.74, 6) is 0.970. The Morgan fingerprint density at radius 2 is 1.95 bits per heavy atom. The number of imidazole rings is 1. The van der Waals surface area contributed by atoms with Crippen molar-refractivity contribution in [1.82, 2.24) is 19.9 Å². The molecule has 0 unspecified atom stereocenters. The second kappa shape index (κ2) is 5.97. The van der Waals surface area contributed by atoms with Crippen LogP contribution in [0.15, 0.2) is 42.7 Å². The number of carbonyl (C=O) groups is 1. The molecule has 22 heavy (non-hydrogen) atoms. The Morgan fingerprint density at radius 3 is 2.73 bits per heavy atom. The molecule has 112 valence electrons. The molecule has 2 aromatic heterocycles. The zero-order chi connectivity index (χ0) is 15.5. The Hall–Kier alpha value is -2.69. The molecule has 3 rings (SSSR count). The number of pyridine rings is 1. The van der Waals surface area contributed by atoms with Crippen LogP contribution in [0.4, 0.5) is 0 Å². The second-order valence-electron chi connectivity index (χ2n) is 5.35. The van der Waals surface area contributed by atoms with E-state index in [1.165, 1.54) is 0 Å². The van der Waals surface area contributed by atoms with Crippen LogP contribution in [0.25, 0.3) is 11.0 Å². The van der Waals surface area contributed by atoms with Crippen LogP contribution >= 0.6 is 0 Å². The van der Waals surface area contributed by atoms with Gasteiger partial charge in [0.05, 0.1) is 17.5 Å². The number of aromatic nitrogens is 3. The predicted molar refractivity (Wildman–Crippen MR) is 85.2 cm³/mol. The molecule has 1 N–H and O–H groups in total. The highest BCUT2D eigenvalue weighted by molar-refractivity contribution is 5.82. The van der Waals surface area contributed by atoms with Crippen molar-refractivity contribution in [3.05, 3.63) is 59.7 Å². The lowest BCUT2D eigenvalue weighted by atomic mass is 10.1. The molecule has 1 aromatic carbocycles. The molecule has 0 radical (unpaired) electrons. The summed E-state index contributed by atoms with van der Waals surface area (Å²) in [6, 6.07) is 9.76. The molecule has 0 aliphatic rings. The van der Waals surface area contributed by atoms with Gasteiger partial charge in [-0.05, 0) is 42.3 Å². The number of amides is 1. The zero-order valence-electron chi connectivity index (χ0n) is 12.7. The van der Waals surface area contributed by atoms with Gasteiger partial charge in [-0.15, -0.1) is 0 Å². The maximum absolute atomic E-state index is 12.0. The maximum Gasteiger partial charge on any atom is 0.224 e. The summed E-state index contributed by atoms with van der Waals surface area (Å²) in [5, 5.41) is 2.92. The van der Waals surface area contributed by atoms with E-state index >= 15 is 0 Å².